The summed E-state index contributed by atoms with van der Waals surface area (Å²) in [6.07, 6.45) is 0.494. The van der Waals surface area contributed by atoms with Gasteiger partial charge < -0.3 is 15.4 Å². The van der Waals surface area contributed by atoms with Crippen LogP contribution < -0.4 is 15.4 Å². The molecule has 6 nitrogen and oxygen atoms in total. The maximum absolute atomic E-state index is 12.6. The largest absolute Gasteiger partial charge is 0.496 e. The zero-order valence-corrected chi connectivity index (χ0v) is 16.4. The van der Waals surface area contributed by atoms with Crippen LogP contribution in [0.25, 0.3) is 10.4 Å². The molecule has 0 saturated heterocycles. The lowest BCUT2D eigenvalue weighted by Crippen LogP contribution is -2.47. The van der Waals surface area contributed by atoms with Gasteiger partial charge in [-0.25, -0.2) is 0 Å². The molecule has 1 heterocycles. The van der Waals surface area contributed by atoms with Gasteiger partial charge in [0.15, 0.2) is 0 Å². The van der Waals surface area contributed by atoms with Gasteiger partial charge in [0.05, 0.1) is 18.1 Å². The summed E-state index contributed by atoms with van der Waals surface area (Å²) in [7, 11) is 1.61. The van der Waals surface area contributed by atoms with Crippen LogP contribution in [-0.2, 0) is 4.79 Å². The van der Waals surface area contributed by atoms with Gasteiger partial charge in [0.2, 0.25) is 5.91 Å². The van der Waals surface area contributed by atoms with Gasteiger partial charge in [-0.3, -0.25) is 9.59 Å². The van der Waals surface area contributed by atoms with Crippen LogP contribution in [0.3, 0.4) is 0 Å². The molecule has 1 aromatic carbocycles. The van der Waals surface area contributed by atoms with E-state index >= 15 is 0 Å². The minimum Gasteiger partial charge on any atom is -0.496 e. The number of nitriles is 1. The molecule has 2 rings (SSSR count). The molecule has 0 saturated carbocycles. The van der Waals surface area contributed by atoms with Crippen molar-refractivity contribution in [2.75, 3.05) is 13.7 Å². The predicted octanol–water partition coefficient (Wildman–Crippen LogP) is 3.21. The van der Waals surface area contributed by atoms with Crippen molar-refractivity contribution in [1.82, 2.24) is 10.6 Å². The molecule has 0 unspecified atom stereocenters. The first-order valence-corrected chi connectivity index (χ1v) is 9.46. The molecule has 142 valence electrons. The highest BCUT2D eigenvalue weighted by Gasteiger charge is 2.23. The van der Waals surface area contributed by atoms with Crippen LogP contribution in [0.2, 0.25) is 0 Å². The maximum atomic E-state index is 12.6. The molecular weight excluding hydrogens is 362 g/mol. The van der Waals surface area contributed by atoms with E-state index in [4.69, 9.17) is 10.00 Å². The van der Waals surface area contributed by atoms with Gasteiger partial charge in [-0.2, -0.15) is 5.26 Å². The van der Waals surface area contributed by atoms with E-state index in [9.17, 15) is 9.59 Å². The van der Waals surface area contributed by atoms with E-state index in [1.807, 2.05) is 50.2 Å². The van der Waals surface area contributed by atoms with Gasteiger partial charge in [0.25, 0.3) is 5.91 Å². The lowest BCUT2D eigenvalue weighted by atomic mass is 10.0. The number of nitrogens with one attached hydrogen (secondary N) is 2. The summed E-state index contributed by atoms with van der Waals surface area (Å²) in [5.74, 6) is 0.300. The molecule has 0 fully saturated rings. The third-order valence-corrected chi connectivity index (χ3v) is 4.99. The molecule has 0 bridgehead atoms. The van der Waals surface area contributed by atoms with E-state index in [2.05, 4.69) is 10.6 Å². The highest BCUT2D eigenvalue weighted by molar-refractivity contribution is 7.17. The van der Waals surface area contributed by atoms with Crippen molar-refractivity contribution in [3.8, 4) is 22.3 Å². The smallest absolute Gasteiger partial charge is 0.262 e. The number of amides is 2. The lowest BCUT2D eigenvalue weighted by molar-refractivity contribution is -0.123. The van der Waals surface area contributed by atoms with Crippen molar-refractivity contribution in [3.63, 3.8) is 0 Å². The van der Waals surface area contributed by atoms with Crippen molar-refractivity contribution in [2.24, 2.45) is 5.92 Å². The van der Waals surface area contributed by atoms with Gasteiger partial charge >= 0.3 is 0 Å². The predicted molar refractivity (Wildman–Crippen MR) is 106 cm³/mol. The summed E-state index contributed by atoms with van der Waals surface area (Å²) in [5.41, 5.74) is 0.912. The Morgan fingerprint density at radius 3 is 2.63 bits per heavy atom. The third-order valence-electron chi connectivity index (χ3n) is 3.87. The number of thiophene rings is 1. The summed E-state index contributed by atoms with van der Waals surface area (Å²) in [4.78, 5) is 26.3. The van der Waals surface area contributed by atoms with Crippen molar-refractivity contribution < 1.29 is 14.3 Å². The van der Waals surface area contributed by atoms with Gasteiger partial charge in [-0.05, 0) is 36.6 Å². The molecule has 7 heteroatoms. The number of carbonyl (C=O) groups excluding carboxylic acids is 2. The number of para-hydroxylation sites is 1. The van der Waals surface area contributed by atoms with Gasteiger partial charge in [0.1, 0.15) is 18.3 Å². The van der Waals surface area contributed by atoms with Gasteiger partial charge in [0, 0.05) is 10.4 Å². The van der Waals surface area contributed by atoms with Crippen molar-refractivity contribution in [1.29, 1.82) is 5.26 Å². The molecule has 27 heavy (non-hydrogen) atoms. The van der Waals surface area contributed by atoms with Crippen molar-refractivity contribution >= 4 is 23.2 Å². The first-order chi connectivity index (χ1) is 13.0. The molecule has 0 spiro atoms. The average Bonchev–Trinajstić information content (AvgIpc) is 3.15. The summed E-state index contributed by atoms with van der Waals surface area (Å²) in [6, 6.07) is 12.4. The number of nitrogens with zero attached hydrogens (tertiary/aromatic N) is 1. The topological polar surface area (TPSA) is 91.2 Å². The zero-order valence-electron chi connectivity index (χ0n) is 15.6. The van der Waals surface area contributed by atoms with Crippen molar-refractivity contribution in [2.45, 2.75) is 26.3 Å². The molecule has 0 radical (unpaired) electrons. The van der Waals surface area contributed by atoms with E-state index in [0.29, 0.717) is 11.3 Å². The first-order valence-electron chi connectivity index (χ1n) is 8.65. The Bertz CT molecular complexity index is 839. The highest BCUT2D eigenvalue weighted by Crippen LogP contribution is 2.34. The van der Waals surface area contributed by atoms with Crippen LogP contribution in [0.1, 0.15) is 29.9 Å². The minimum atomic E-state index is -0.678. The summed E-state index contributed by atoms with van der Waals surface area (Å²) < 4.78 is 5.37. The standard InChI is InChI=1S/C20H23N3O3S/c1-13(2)12-15(19(24)22-11-10-21)23-20(25)18-9-8-17(27-18)14-6-4-5-7-16(14)26-3/h4-9,13,15H,11-12H2,1-3H3,(H,22,24)(H,23,25)/t15-/m0/s1. The van der Waals surface area contributed by atoms with Gasteiger partial charge in [-0.15, -0.1) is 11.3 Å². The van der Waals surface area contributed by atoms with Gasteiger partial charge in [-0.1, -0.05) is 26.0 Å². The van der Waals surface area contributed by atoms with E-state index in [1.54, 1.807) is 13.2 Å². The van der Waals surface area contributed by atoms with E-state index < -0.39 is 6.04 Å². The molecule has 0 aliphatic heterocycles. The fourth-order valence-corrected chi connectivity index (χ4v) is 3.57. The Hall–Kier alpha value is -2.85. The van der Waals surface area contributed by atoms with Crippen LogP contribution in [0.4, 0.5) is 0 Å². The Balaban J connectivity index is 2.15. The number of carbonyl (C=O) groups is 2. The molecule has 2 N–H and O–H groups in total. The quantitative estimate of drug-likeness (QED) is 0.683. The number of rotatable bonds is 8. The lowest BCUT2D eigenvalue weighted by Gasteiger charge is -2.19. The SMILES string of the molecule is COc1ccccc1-c1ccc(C(=O)N[C@@H](CC(C)C)C(=O)NCC#N)s1. The van der Waals surface area contributed by atoms with Crippen molar-refractivity contribution in [3.05, 3.63) is 41.3 Å². The summed E-state index contributed by atoms with van der Waals surface area (Å²) in [5, 5.41) is 13.9. The number of hydrogen-bond donors (Lipinski definition) is 2. The summed E-state index contributed by atoms with van der Waals surface area (Å²) >= 11 is 1.34. The second-order valence-electron chi connectivity index (χ2n) is 6.40. The fraction of sp³-hybridized carbons (Fsp3) is 0.350. The van der Waals surface area contributed by atoms with Crippen LogP contribution in [0.5, 0.6) is 5.75 Å². The summed E-state index contributed by atoms with van der Waals surface area (Å²) in [6.45, 7) is 3.86. The Labute approximate surface area is 163 Å². The van der Waals surface area contributed by atoms with E-state index in [1.165, 1.54) is 11.3 Å². The average molecular weight is 385 g/mol. The van der Waals surface area contributed by atoms with E-state index in [-0.39, 0.29) is 24.3 Å². The van der Waals surface area contributed by atoms with E-state index in [0.717, 1.165) is 16.2 Å². The fourth-order valence-electron chi connectivity index (χ4n) is 2.64. The zero-order chi connectivity index (χ0) is 19.8. The second-order valence-corrected chi connectivity index (χ2v) is 7.48. The number of hydrogen-bond acceptors (Lipinski definition) is 5. The first kappa shape index (κ1) is 20.5. The number of ether oxygens (including phenoxy) is 1. The normalized spacial score (nSPS) is 11.5. The molecule has 1 atom stereocenters. The highest BCUT2D eigenvalue weighted by atomic mass is 32.1. The number of benzene rings is 1. The van der Waals surface area contributed by atoms with Crippen LogP contribution in [-0.4, -0.2) is 31.5 Å². The molecule has 0 aliphatic carbocycles. The second kappa shape index (κ2) is 9.74. The Kier molecular flexibility index (Phi) is 7.38. The Morgan fingerprint density at radius 1 is 1.22 bits per heavy atom. The molecule has 0 aliphatic rings. The van der Waals surface area contributed by atoms with Crippen LogP contribution >= 0.6 is 11.3 Å². The monoisotopic (exact) mass is 385 g/mol. The molecule has 1 aromatic heterocycles. The molecular formula is C20H23N3O3S. The van der Waals surface area contributed by atoms with Crippen LogP contribution in [0.15, 0.2) is 36.4 Å². The maximum Gasteiger partial charge on any atom is 0.262 e. The number of methoxy groups -OCH3 is 1. The minimum absolute atomic E-state index is 0.0831. The molecule has 2 amide bonds. The molecule has 2 aromatic rings. The third kappa shape index (κ3) is 5.56. The Morgan fingerprint density at radius 2 is 1.96 bits per heavy atom. The van der Waals surface area contributed by atoms with Crippen LogP contribution in [0, 0.1) is 17.2 Å².